The van der Waals surface area contributed by atoms with Crippen molar-refractivity contribution in [2.45, 2.75) is 25.8 Å². The van der Waals surface area contributed by atoms with Crippen LogP contribution in [-0.2, 0) is 16.1 Å². The Balaban J connectivity index is 2.25. The lowest BCUT2D eigenvalue weighted by Gasteiger charge is -2.18. The van der Waals surface area contributed by atoms with Crippen molar-refractivity contribution in [3.05, 3.63) is 29.8 Å². The molecule has 0 aliphatic heterocycles. The second kappa shape index (κ2) is 9.65. The van der Waals surface area contributed by atoms with Gasteiger partial charge >= 0.3 is 12.0 Å². The summed E-state index contributed by atoms with van der Waals surface area (Å²) in [5.41, 5.74) is 1.03. The summed E-state index contributed by atoms with van der Waals surface area (Å²) >= 11 is 0. The van der Waals surface area contributed by atoms with Crippen LogP contribution in [0.15, 0.2) is 24.3 Å². The van der Waals surface area contributed by atoms with Gasteiger partial charge in [-0.1, -0.05) is 12.1 Å². The van der Waals surface area contributed by atoms with E-state index < -0.39 is 0 Å². The van der Waals surface area contributed by atoms with Gasteiger partial charge in [0, 0.05) is 26.6 Å². The number of ether oxygens (including phenoxy) is 2. The number of rotatable bonds is 8. The van der Waals surface area contributed by atoms with Crippen molar-refractivity contribution in [1.82, 2.24) is 10.2 Å². The van der Waals surface area contributed by atoms with Crippen LogP contribution >= 0.6 is 0 Å². The largest absolute Gasteiger partial charge is 0.497 e. The first kappa shape index (κ1) is 17.8. The highest BCUT2D eigenvalue weighted by molar-refractivity contribution is 5.73. The topological polar surface area (TPSA) is 67.9 Å². The fraction of sp³-hybridized carbons (Fsp3) is 0.500. The first-order valence-corrected chi connectivity index (χ1v) is 7.25. The van der Waals surface area contributed by atoms with Crippen molar-refractivity contribution in [2.24, 2.45) is 0 Å². The molecule has 0 heterocycles. The molecule has 0 saturated heterocycles. The van der Waals surface area contributed by atoms with Gasteiger partial charge < -0.3 is 19.7 Å². The van der Waals surface area contributed by atoms with Crippen molar-refractivity contribution < 1.29 is 19.1 Å². The molecule has 0 atom stereocenters. The molecule has 0 fully saturated rings. The molecule has 0 unspecified atom stereocenters. The van der Waals surface area contributed by atoms with E-state index in [9.17, 15) is 9.59 Å². The van der Waals surface area contributed by atoms with E-state index in [2.05, 4.69) is 10.1 Å². The Morgan fingerprint density at radius 1 is 1.14 bits per heavy atom. The van der Waals surface area contributed by atoms with Crippen molar-refractivity contribution in [3.8, 4) is 5.75 Å². The highest BCUT2D eigenvalue weighted by Gasteiger charge is 2.08. The van der Waals surface area contributed by atoms with Gasteiger partial charge in [0.1, 0.15) is 5.75 Å². The number of esters is 1. The molecule has 0 aromatic heterocycles. The summed E-state index contributed by atoms with van der Waals surface area (Å²) in [5.74, 6) is 0.574. The van der Waals surface area contributed by atoms with Gasteiger partial charge in [0.25, 0.3) is 0 Å². The van der Waals surface area contributed by atoms with Gasteiger partial charge in [-0.2, -0.15) is 0 Å². The number of urea groups is 1. The quantitative estimate of drug-likeness (QED) is 0.590. The zero-order valence-electron chi connectivity index (χ0n) is 13.4. The van der Waals surface area contributed by atoms with E-state index >= 15 is 0 Å². The molecule has 0 aliphatic carbocycles. The SMILES string of the molecule is COC(=O)CCCCNC(=O)N(C)Cc1ccc(OC)cc1. The number of hydrogen-bond donors (Lipinski definition) is 1. The lowest BCUT2D eigenvalue weighted by Crippen LogP contribution is -2.37. The molecule has 22 heavy (non-hydrogen) atoms. The Morgan fingerprint density at radius 2 is 1.82 bits per heavy atom. The summed E-state index contributed by atoms with van der Waals surface area (Å²) in [7, 11) is 4.74. The molecule has 0 aliphatic rings. The van der Waals surface area contributed by atoms with Crippen LogP contribution in [0.1, 0.15) is 24.8 Å². The normalized spacial score (nSPS) is 9.95. The van der Waals surface area contributed by atoms with Crippen LogP contribution in [0.3, 0.4) is 0 Å². The van der Waals surface area contributed by atoms with E-state index in [0.29, 0.717) is 25.9 Å². The molecule has 6 heteroatoms. The number of hydrogen-bond acceptors (Lipinski definition) is 4. The summed E-state index contributed by atoms with van der Waals surface area (Å²) < 4.78 is 9.65. The average molecular weight is 308 g/mol. The summed E-state index contributed by atoms with van der Waals surface area (Å²) in [6, 6.07) is 7.47. The fourth-order valence-electron chi connectivity index (χ4n) is 1.90. The van der Waals surface area contributed by atoms with E-state index in [1.807, 2.05) is 24.3 Å². The Bertz CT molecular complexity index is 474. The van der Waals surface area contributed by atoms with Gasteiger partial charge in [0.15, 0.2) is 0 Å². The fourth-order valence-corrected chi connectivity index (χ4v) is 1.90. The molecule has 0 radical (unpaired) electrons. The molecule has 122 valence electrons. The van der Waals surface area contributed by atoms with Crippen molar-refractivity contribution in [1.29, 1.82) is 0 Å². The number of methoxy groups -OCH3 is 2. The second-order valence-corrected chi connectivity index (χ2v) is 4.97. The molecule has 0 spiro atoms. The maximum atomic E-state index is 11.9. The van der Waals surface area contributed by atoms with Crippen LogP contribution in [0.25, 0.3) is 0 Å². The summed E-state index contributed by atoms with van der Waals surface area (Å²) in [4.78, 5) is 24.5. The summed E-state index contributed by atoms with van der Waals surface area (Å²) in [5, 5.41) is 2.83. The van der Waals surface area contributed by atoms with Gasteiger partial charge in [-0.05, 0) is 30.5 Å². The number of carbonyl (C=O) groups is 2. The Kier molecular flexibility index (Phi) is 7.81. The van der Waals surface area contributed by atoms with Crippen LogP contribution in [-0.4, -0.2) is 44.7 Å². The molecule has 6 nitrogen and oxygen atoms in total. The Morgan fingerprint density at radius 3 is 2.41 bits per heavy atom. The zero-order chi connectivity index (χ0) is 16.4. The molecule has 1 aromatic rings. The highest BCUT2D eigenvalue weighted by Crippen LogP contribution is 2.12. The summed E-state index contributed by atoms with van der Waals surface area (Å²) in [6.07, 6.45) is 1.83. The molecular weight excluding hydrogens is 284 g/mol. The molecule has 1 rings (SSSR count). The highest BCUT2D eigenvalue weighted by atomic mass is 16.5. The minimum absolute atomic E-state index is 0.131. The Hall–Kier alpha value is -2.24. The standard InChI is InChI=1S/C16H24N2O4/c1-18(12-13-7-9-14(21-2)10-8-13)16(20)17-11-5-4-6-15(19)22-3/h7-10H,4-6,11-12H2,1-3H3,(H,17,20). The zero-order valence-corrected chi connectivity index (χ0v) is 13.4. The Labute approximate surface area is 131 Å². The first-order chi connectivity index (χ1) is 10.6. The lowest BCUT2D eigenvalue weighted by atomic mass is 10.2. The predicted molar refractivity (Wildman–Crippen MR) is 83.7 cm³/mol. The molecule has 0 saturated carbocycles. The smallest absolute Gasteiger partial charge is 0.317 e. The molecule has 1 N–H and O–H groups in total. The third-order valence-electron chi connectivity index (χ3n) is 3.24. The van der Waals surface area contributed by atoms with Crippen molar-refractivity contribution in [2.75, 3.05) is 27.8 Å². The molecule has 0 bridgehead atoms. The van der Waals surface area contributed by atoms with Gasteiger partial charge in [-0.25, -0.2) is 4.79 Å². The number of nitrogens with one attached hydrogen (secondary N) is 1. The van der Waals surface area contributed by atoms with Crippen molar-refractivity contribution in [3.63, 3.8) is 0 Å². The predicted octanol–water partition coefficient (Wildman–Crippen LogP) is 2.18. The van der Waals surface area contributed by atoms with Crippen LogP contribution < -0.4 is 10.1 Å². The van der Waals surface area contributed by atoms with E-state index in [0.717, 1.165) is 17.7 Å². The van der Waals surface area contributed by atoms with Crippen LogP contribution in [0, 0.1) is 0 Å². The van der Waals surface area contributed by atoms with Gasteiger partial charge in [0.2, 0.25) is 0 Å². The van der Waals surface area contributed by atoms with E-state index in [1.54, 1.807) is 19.1 Å². The number of unbranched alkanes of at least 4 members (excludes halogenated alkanes) is 1. The van der Waals surface area contributed by atoms with E-state index in [-0.39, 0.29) is 12.0 Å². The number of benzene rings is 1. The van der Waals surface area contributed by atoms with Crippen LogP contribution in [0.4, 0.5) is 4.79 Å². The minimum atomic E-state index is -0.219. The van der Waals surface area contributed by atoms with Gasteiger partial charge in [-0.15, -0.1) is 0 Å². The molecule has 1 aromatic carbocycles. The van der Waals surface area contributed by atoms with Gasteiger partial charge in [-0.3, -0.25) is 4.79 Å². The van der Waals surface area contributed by atoms with Crippen LogP contribution in [0.2, 0.25) is 0 Å². The molecular formula is C16H24N2O4. The number of amides is 2. The number of nitrogens with zero attached hydrogens (tertiary/aromatic N) is 1. The minimum Gasteiger partial charge on any atom is -0.497 e. The molecule has 2 amide bonds. The third kappa shape index (κ3) is 6.47. The monoisotopic (exact) mass is 308 g/mol. The second-order valence-electron chi connectivity index (χ2n) is 4.97. The maximum absolute atomic E-state index is 11.9. The van der Waals surface area contributed by atoms with Crippen LogP contribution in [0.5, 0.6) is 5.75 Å². The summed E-state index contributed by atoms with van der Waals surface area (Å²) in [6.45, 7) is 1.07. The van der Waals surface area contributed by atoms with Gasteiger partial charge in [0.05, 0.1) is 14.2 Å². The first-order valence-electron chi connectivity index (χ1n) is 7.25. The van der Waals surface area contributed by atoms with E-state index in [4.69, 9.17) is 4.74 Å². The van der Waals surface area contributed by atoms with Crippen molar-refractivity contribution >= 4 is 12.0 Å². The van der Waals surface area contributed by atoms with E-state index in [1.165, 1.54) is 7.11 Å². The third-order valence-corrected chi connectivity index (χ3v) is 3.24. The maximum Gasteiger partial charge on any atom is 0.317 e. The lowest BCUT2D eigenvalue weighted by molar-refractivity contribution is -0.140. The number of carbonyl (C=O) groups excluding carboxylic acids is 2. The average Bonchev–Trinajstić information content (AvgIpc) is 2.54.